The Labute approximate surface area is 133 Å². The maximum Gasteiger partial charge on any atom is 0.233 e. The maximum atomic E-state index is 12.0. The molecule has 0 aliphatic heterocycles. The zero-order valence-corrected chi connectivity index (χ0v) is 13.5. The number of nitrogens with two attached hydrogens (primary N) is 1. The predicted molar refractivity (Wildman–Crippen MR) is 90.4 cm³/mol. The Morgan fingerprint density at radius 3 is 2.62 bits per heavy atom. The smallest absolute Gasteiger partial charge is 0.233 e. The first kappa shape index (κ1) is 16.0. The van der Waals surface area contributed by atoms with Gasteiger partial charge in [-0.05, 0) is 36.4 Å². The topological polar surface area (TPSA) is 72.2 Å². The first-order chi connectivity index (χ1) is 9.94. The van der Waals surface area contributed by atoms with Crippen LogP contribution in [0.15, 0.2) is 53.4 Å². The highest BCUT2D eigenvalue weighted by molar-refractivity contribution is 8.01. The van der Waals surface area contributed by atoms with E-state index >= 15 is 0 Å². The maximum absolute atomic E-state index is 12.0. The zero-order chi connectivity index (χ0) is 15.3. The van der Waals surface area contributed by atoms with E-state index in [4.69, 9.17) is 17.3 Å². The third-order valence-corrected chi connectivity index (χ3v) is 5.35. The molecule has 0 radical (unpaired) electrons. The van der Waals surface area contributed by atoms with Crippen LogP contribution in [0.4, 0.5) is 11.4 Å². The van der Waals surface area contributed by atoms with Crippen molar-refractivity contribution in [1.29, 1.82) is 0 Å². The van der Waals surface area contributed by atoms with Gasteiger partial charge in [0.25, 0.3) is 0 Å². The molecule has 21 heavy (non-hydrogen) atoms. The predicted octanol–water partition coefficient (Wildman–Crippen LogP) is 3.46. The van der Waals surface area contributed by atoms with E-state index in [0.29, 0.717) is 22.2 Å². The average Bonchev–Trinajstić information content (AvgIpc) is 2.38. The van der Waals surface area contributed by atoms with Crippen LogP contribution in [0.3, 0.4) is 0 Å². The molecular weight excluding hydrogens is 328 g/mol. The van der Waals surface area contributed by atoms with Crippen LogP contribution in [-0.4, -0.2) is 19.9 Å². The fourth-order valence-corrected chi connectivity index (χ4v) is 4.28. The van der Waals surface area contributed by atoms with Crippen LogP contribution in [0.5, 0.6) is 0 Å². The molecule has 112 valence electrons. The van der Waals surface area contributed by atoms with Crippen LogP contribution in [0.2, 0.25) is 5.02 Å². The van der Waals surface area contributed by atoms with Crippen molar-refractivity contribution in [2.45, 2.75) is 4.90 Å². The lowest BCUT2D eigenvalue weighted by Crippen LogP contribution is -2.18. The Kier molecular flexibility index (Phi) is 5.39. The van der Waals surface area contributed by atoms with E-state index in [2.05, 4.69) is 4.72 Å². The van der Waals surface area contributed by atoms with Crippen molar-refractivity contribution in [1.82, 2.24) is 0 Å². The van der Waals surface area contributed by atoms with Gasteiger partial charge in [-0.3, -0.25) is 4.72 Å². The second-order valence-corrected chi connectivity index (χ2v) is 7.80. The van der Waals surface area contributed by atoms with Crippen molar-refractivity contribution in [3.8, 4) is 0 Å². The molecule has 7 heteroatoms. The number of sulfonamides is 1. The first-order valence-electron chi connectivity index (χ1n) is 6.19. The molecule has 3 N–H and O–H groups in total. The second kappa shape index (κ2) is 7.06. The number of nitrogens with one attached hydrogen (secondary N) is 1. The van der Waals surface area contributed by atoms with E-state index in [0.717, 1.165) is 4.90 Å². The molecule has 0 aromatic heterocycles. The Morgan fingerprint density at radius 2 is 1.90 bits per heavy atom. The minimum Gasteiger partial charge on any atom is -0.399 e. The van der Waals surface area contributed by atoms with Gasteiger partial charge in [-0.25, -0.2) is 8.42 Å². The van der Waals surface area contributed by atoms with E-state index in [1.54, 1.807) is 30.3 Å². The number of nitrogen functional groups attached to an aromatic ring is 1. The Bertz CT molecular complexity index is 720. The number of benzene rings is 2. The number of hydrogen-bond acceptors (Lipinski definition) is 4. The molecule has 0 bridgehead atoms. The molecule has 0 spiro atoms. The van der Waals surface area contributed by atoms with Gasteiger partial charge in [0.05, 0.1) is 5.75 Å². The molecule has 0 aliphatic rings. The second-order valence-electron chi connectivity index (χ2n) is 4.35. The largest absolute Gasteiger partial charge is 0.399 e. The summed E-state index contributed by atoms with van der Waals surface area (Å²) in [6.45, 7) is 0. The summed E-state index contributed by atoms with van der Waals surface area (Å²) in [6.07, 6.45) is 0. The Morgan fingerprint density at radius 1 is 1.14 bits per heavy atom. The van der Waals surface area contributed by atoms with Gasteiger partial charge in [-0.15, -0.1) is 11.8 Å². The third-order valence-electron chi connectivity index (χ3n) is 2.58. The normalized spacial score (nSPS) is 11.3. The SMILES string of the molecule is Nc1cccc(SCCS(=O)(=O)Nc2cccc(Cl)c2)c1. The number of thioether (sulfide) groups is 1. The number of halogens is 1. The highest BCUT2D eigenvalue weighted by Crippen LogP contribution is 2.21. The van der Waals surface area contributed by atoms with Crippen molar-refractivity contribution in [2.75, 3.05) is 22.0 Å². The van der Waals surface area contributed by atoms with Crippen molar-refractivity contribution in [3.63, 3.8) is 0 Å². The highest BCUT2D eigenvalue weighted by Gasteiger charge is 2.10. The molecular formula is C14H15ClN2O2S2. The van der Waals surface area contributed by atoms with E-state index in [9.17, 15) is 8.42 Å². The third kappa shape index (κ3) is 5.49. The lowest BCUT2D eigenvalue weighted by molar-refractivity contribution is 0.602. The number of anilines is 2. The van der Waals surface area contributed by atoms with Crippen LogP contribution < -0.4 is 10.5 Å². The van der Waals surface area contributed by atoms with E-state index in [-0.39, 0.29) is 5.75 Å². The lowest BCUT2D eigenvalue weighted by Gasteiger charge is -2.08. The summed E-state index contributed by atoms with van der Waals surface area (Å²) in [5, 5.41) is 0.490. The minimum atomic E-state index is -3.39. The fraction of sp³-hybridized carbons (Fsp3) is 0.143. The van der Waals surface area contributed by atoms with Crippen molar-refractivity contribution in [2.24, 2.45) is 0 Å². The molecule has 0 saturated carbocycles. The van der Waals surface area contributed by atoms with Crippen molar-refractivity contribution >= 4 is 44.8 Å². The highest BCUT2D eigenvalue weighted by atomic mass is 35.5. The van der Waals surface area contributed by atoms with Crippen molar-refractivity contribution in [3.05, 3.63) is 53.6 Å². The monoisotopic (exact) mass is 342 g/mol. The van der Waals surface area contributed by atoms with Gasteiger partial charge in [-0.2, -0.15) is 0 Å². The van der Waals surface area contributed by atoms with Gasteiger partial charge in [-0.1, -0.05) is 23.7 Å². The summed E-state index contributed by atoms with van der Waals surface area (Å²) in [5.41, 5.74) is 6.81. The zero-order valence-electron chi connectivity index (χ0n) is 11.1. The van der Waals surface area contributed by atoms with Gasteiger partial charge in [0.1, 0.15) is 0 Å². The van der Waals surface area contributed by atoms with Gasteiger partial charge in [0.2, 0.25) is 10.0 Å². The molecule has 0 saturated heterocycles. The molecule has 2 aromatic rings. The van der Waals surface area contributed by atoms with E-state index in [1.165, 1.54) is 11.8 Å². The van der Waals surface area contributed by atoms with Crippen LogP contribution >= 0.6 is 23.4 Å². The van der Waals surface area contributed by atoms with Gasteiger partial charge >= 0.3 is 0 Å². The molecule has 0 fully saturated rings. The Hall–Kier alpha value is -1.37. The lowest BCUT2D eigenvalue weighted by atomic mass is 10.3. The molecule has 2 rings (SSSR count). The van der Waals surface area contributed by atoms with Gasteiger partial charge in [0, 0.05) is 27.0 Å². The molecule has 0 amide bonds. The van der Waals surface area contributed by atoms with Crippen LogP contribution in [-0.2, 0) is 10.0 Å². The standard InChI is InChI=1S/C14H15ClN2O2S2/c15-11-3-1-5-13(9-11)17-21(18,19)8-7-20-14-6-2-4-12(16)10-14/h1-6,9-10,17H,7-8,16H2. The molecule has 2 aromatic carbocycles. The molecule has 0 aliphatic carbocycles. The average molecular weight is 343 g/mol. The van der Waals surface area contributed by atoms with Crippen LogP contribution in [0.25, 0.3) is 0 Å². The van der Waals surface area contributed by atoms with E-state index in [1.807, 2.05) is 18.2 Å². The van der Waals surface area contributed by atoms with Crippen molar-refractivity contribution < 1.29 is 8.42 Å². The summed E-state index contributed by atoms with van der Waals surface area (Å²) in [7, 11) is -3.39. The summed E-state index contributed by atoms with van der Waals surface area (Å²) in [4.78, 5) is 0.952. The van der Waals surface area contributed by atoms with Crippen LogP contribution in [0, 0.1) is 0 Å². The number of hydrogen-bond donors (Lipinski definition) is 2. The molecule has 0 heterocycles. The quantitative estimate of drug-likeness (QED) is 0.623. The summed E-state index contributed by atoms with van der Waals surface area (Å²) < 4.78 is 26.5. The Balaban J connectivity index is 1.90. The van der Waals surface area contributed by atoms with E-state index < -0.39 is 10.0 Å². The van der Waals surface area contributed by atoms with Crippen LogP contribution in [0.1, 0.15) is 0 Å². The molecule has 0 unspecified atom stereocenters. The minimum absolute atomic E-state index is 0.0129. The molecule has 0 atom stereocenters. The summed E-state index contributed by atoms with van der Waals surface area (Å²) in [6, 6.07) is 14.0. The summed E-state index contributed by atoms with van der Waals surface area (Å²) >= 11 is 7.27. The van der Waals surface area contributed by atoms with Gasteiger partial charge in [0.15, 0.2) is 0 Å². The summed E-state index contributed by atoms with van der Waals surface area (Å²) in [5.74, 6) is 0.457. The molecule has 4 nitrogen and oxygen atoms in total. The van der Waals surface area contributed by atoms with Gasteiger partial charge < -0.3 is 5.73 Å². The fourth-order valence-electron chi connectivity index (χ4n) is 1.66. The number of rotatable bonds is 6. The first-order valence-corrected chi connectivity index (χ1v) is 9.21.